The molecular weight excluding hydrogens is 132 g/mol. The molecule has 1 aliphatic rings. The first-order valence-corrected chi connectivity index (χ1v) is 5.16. The minimum absolute atomic E-state index is 0.185. The molecule has 0 saturated carbocycles. The smallest absolute Gasteiger partial charge is 0.240 e. The Morgan fingerprint density at radius 3 is 2.67 bits per heavy atom. The molecule has 2 nitrogen and oxygen atoms in total. The van der Waals surface area contributed by atoms with Crippen LogP contribution in [0.4, 0.5) is 0 Å². The molecule has 1 rings (SSSR count). The van der Waals surface area contributed by atoms with Crippen LogP contribution in [0.15, 0.2) is 0 Å². The lowest BCUT2D eigenvalue weighted by molar-refractivity contribution is 0.203. The molecule has 3 heteroatoms. The number of aliphatic hydroxyl groups excluding tert-OH is 1. The van der Waals surface area contributed by atoms with Crippen LogP contribution in [-0.4, -0.2) is 26.5 Å². The standard InChI is InChI=1S/C6H13O2Si/c1-6(7)9-5-3-2-4-8-9/h6-7H,2-5H2,1H3. The summed E-state index contributed by atoms with van der Waals surface area (Å²) in [7, 11) is -0.810. The molecule has 0 aliphatic carbocycles. The van der Waals surface area contributed by atoms with Gasteiger partial charge in [-0.05, 0) is 19.4 Å². The number of aliphatic hydroxyl groups is 1. The minimum atomic E-state index is -0.810. The highest BCUT2D eigenvalue weighted by atomic mass is 28.3. The lowest BCUT2D eigenvalue weighted by Gasteiger charge is -2.21. The topological polar surface area (TPSA) is 29.5 Å². The van der Waals surface area contributed by atoms with E-state index in [9.17, 15) is 0 Å². The van der Waals surface area contributed by atoms with Gasteiger partial charge in [0.2, 0.25) is 9.04 Å². The van der Waals surface area contributed by atoms with Crippen molar-refractivity contribution < 1.29 is 9.53 Å². The summed E-state index contributed by atoms with van der Waals surface area (Å²) in [5.41, 5.74) is -0.185. The van der Waals surface area contributed by atoms with Gasteiger partial charge in [-0.2, -0.15) is 0 Å². The number of rotatable bonds is 1. The highest BCUT2D eigenvalue weighted by Gasteiger charge is 2.21. The summed E-state index contributed by atoms with van der Waals surface area (Å²) in [6, 6.07) is 1.13. The Labute approximate surface area is 57.6 Å². The van der Waals surface area contributed by atoms with E-state index in [1.165, 1.54) is 12.8 Å². The highest BCUT2D eigenvalue weighted by molar-refractivity contribution is 6.53. The van der Waals surface area contributed by atoms with E-state index in [-0.39, 0.29) is 5.73 Å². The molecule has 0 amide bonds. The normalized spacial score (nSPS) is 26.0. The summed E-state index contributed by atoms with van der Waals surface area (Å²) >= 11 is 0. The van der Waals surface area contributed by atoms with E-state index < -0.39 is 9.04 Å². The third kappa shape index (κ3) is 2.08. The second-order valence-corrected chi connectivity index (χ2v) is 5.00. The Morgan fingerprint density at radius 1 is 1.56 bits per heavy atom. The summed E-state index contributed by atoms with van der Waals surface area (Å²) < 4.78 is 5.39. The maximum absolute atomic E-state index is 9.10. The van der Waals surface area contributed by atoms with E-state index in [1.54, 1.807) is 0 Å². The van der Waals surface area contributed by atoms with Crippen LogP contribution >= 0.6 is 0 Å². The van der Waals surface area contributed by atoms with Crippen LogP contribution in [0.3, 0.4) is 0 Å². The molecule has 53 valence electrons. The van der Waals surface area contributed by atoms with E-state index in [0.717, 1.165) is 12.7 Å². The molecule has 1 heterocycles. The third-order valence-electron chi connectivity index (χ3n) is 1.57. The van der Waals surface area contributed by atoms with Gasteiger partial charge in [-0.25, -0.2) is 0 Å². The summed E-state index contributed by atoms with van der Waals surface area (Å²) in [5.74, 6) is 0. The van der Waals surface area contributed by atoms with Crippen LogP contribution in [0.1, 0.15) is 19.8 Å². The molecule has 1 atom stereocenters. The summed E-state index contributed by atoms with van der Waals surface area (Å²) in [6.45, 7) is 2.71. The van der Waals surface area contributed by atoms with Gasteiger partial charge in [-0.15, -0.1) is 0 Å². The van der Waals surface area contributed by atoms with Crippen LogP contribution in [0, 0.1) is 0 Å². The fourth-order valence-corrected chi connectivity index (χ4v) is 2.81. The van der Waals surface area contributed by atoms with Crippen LogP contribution in [0.25, 0.3) is 0 Å². The lowest BCUT2D eigenvalue weighted by Crippen LogP contribution is -2.34. The van der Waals surface area contributed by atoms with Crippen LogP contribution in [0.2, 0.25) is 6.04 Å². The van der Waals surface area contributed by atoms with E-state index in [0.29, 0.717) is 0 Å². The zero-order chi connectivity index (χ0) is 6.69. The number of hydrogen-bond acceptors (Lipinski definition) is 2. The van der Waals surface area contributed by atoms with Gasteiger partial charge >= 0.3 is 0 Å². The molecule has 1 unspecified atom stereocenters. The molecule has 0 bridgehead atoms. The maximum Gasteiger partial charge on any atom is 0.240 e. The zero-order valence-electron chi connectivity index (χ0n) is 5.76. The van der Waals surface area contributed by atoms with Crippen LogP contribution < -0.4 is 0 Å². The third-order valence-corrected chi connectivity index (χ3v) is 3.92. The highest BCUT2D eigenvalue weighted by Crippen LogP contribution is 2.12. The van der Waals surface area contributed by atoms with Crippen LogP contribution in [0.5, 0.6) is 0 Å². The first-order chi connectivity index (χ1) is 4.30. The summed E-state index contributed by atoms with van der Waals surface area (Å²) in [6.07, 6.45) is 2.43. The van der Waals surface area contributed by atoms with Gasteiger partial charge in [0, 0.05) is 6.61 Å². The fourth-order valence-electron chi connectivity index (χ4n) is 1.01. The lowest BCUT2D eigenvalue weighted by atomic mass is 10.4. The first-order valence-electron chi connectivity index (χ1n) is 3.47. The Hall–Kier alpha value is 0.137. The summed E-state index contributed by atoms with van der Waals surface area (Å²) in [4.78, 5) is 0. The van der Waals surface area contributed by atoms with Crippen molar-refractivity contribution in [3.8, 4) is 0 Å². The van der Waals surface area contributed by atoms with E-state index in [4.69, 9.17) is 9.53 Å². The molecule has 0 aromatic heterocycles. The zero-order valence-corrected chi connectivity index (χ0v) is 6.76. The predicted molar refractivity (Wildman–Crippen MR) is 37.4 cm³/mol. The van der Waals surface area contributed by atoms with Gasteiger partial charge in [0.1, 0.15) is 0 Å². The van der Waals surface area contributed by atoms with E-state index in [2.05, 4.69) is 0 Å². The van der Waals surface area contributed by atoms with Crippen molar-refractivity contribution in [1.82, 2.24) is 0 Å². The Balaban J connectivity index is 2.23. The van der Waals surface area contributed by atoms with Gasteiger partial charge in [0.25, 0.3) is 0 Å². The van der Waals surface area contributed by atoms with Gasteiger partial charge < -0.3 is 9.53 Å². The molecule has 0 spiro atoms. The molecule has 1 fully saturated rings. The molecule has 0 aromatic rings. The summed E-state index contributed by atoms with van der Waals surface area (Å²) in [5, 5.41) is 9.10. The fraction of sp³-hybridized carbons (Fsp3) is 1.00. The van der Waals surface area contributed by atoms with Crippen LogP contribution in [-0.2, 0) is 4.43 Å². The SMILES string of the molecule is CC(O)[Si]1CCCCO1. The number of hydrogen-bond donors (Lipinski definition) is 1. The second-order valence-electron chi connectivity index (χ2n) is 2.45. The predicted octanol–water partition coefficient (Wildman–Crippen LogP) is 0.708. The molecule has 0 aromatic carbocycles. The van der Waals surface area contributed by atoms with Crippen molar-refractivity contribution in [3.05, 3.63) is 0 Å². The molecule has 1 N–H and O–H groups in total. The van der Waals surface area contributed by atoms with Gasteiger partial charge in [0.15, 0.2) is 0 Å². The molecular formula is C6H13O2Si. The van der Waals surface area contributed by atoms with Crippen molar-refractivity contribution in [2.24, 2.45) is 0 Å². The van der Waals surface area contributed by atoms with Gasteiger partial charge in [0.05, 0.1) is 5.73 Å². The first kappa shape index (κ1) is 7.25. The van der Waals surface area contributed by atoms with Crippen molar-refractivity contribution in [2.45, 2.75) is 31.5 Å². The quantitative estimate of drug-likeness (QED) is 0.551. The molecule has 1 saturated heterocycles. The van der Waals surface area contributed by atoms with Crippen molar-refractivity contribution >= 4 is 9.04 Å². The molecule has 9 heavy (non-hydrogen) atoms. The second kappa shape index (κ2) is 3.34. The van der Waals surface area contributed by atoms with E-state index >= 15 is 0 Å². The Kier molecular flexibility index (Phi) is 2.69. The van der Waals surface area contributed by atoms with E-state index in [1.807, 2.05) is 6.92 Å². The Morgan fingerprint density at radius 2 is 2.33 bits per heavy atom. The van der Waals surface area contributed by atoms with Gasteiger partial charge in [-0.1, -0.05) is 6.42 Å². The average Bonchev–Trinajstić information content (AvgIpc) is 1.90. The van der Waals surface area contributed by atoms with Gasteiger partial charge in [-0.3, -0.25) is 0 Å². The molecule has 1 aliphatic heterocycles. The monoisotopic (exact) mass is 145 g/mol. The Bertz CT molecular complexity index is 79.1. The van der Waals surface area contributed by atoms with Crippen molar-refractivity contribution in [3.63, 3.8) is 0 Å². The van der Waals surface area contributed by atoms with Crippen molar-refractivity contribution in [2.75, 3.05) is 6.61 Å². The molecule has 1 radical (unpaired) electrons. The largest absolute Gasteiger partial charge is 0.414 e. The average molecular weight is 145 g/mol. The maximum atomic E-state index is 9.10. The minimum Gasteiger partial charge on any atom is -0.414 e. The van der Waals surface area contributed by atoms with Crippen molar-refractivity contribution in [1.29, 1.82) is 0 Å².